The van der Waals surface area contributed by atoms with Crippen LogP contribution >= 0.6 is 73.9 Å². The molecular weight excluding hydrogens is 1530 g/mol. The molecule has 0 spiro atoms. The van der Waals surface area contributed by atoms with Gasteiger partial charge in [-0.2, -0.15) is 4.73 Å². The molecule has 106 heavy (non-hydrogen) atoms. The van der Waals surface area contributed by atoms with Gasteiger partial charge in [0.05, 0.1) is 48.8 Å². The number of hydrogen-bond acceptors (Lipinski definition) is 34. The molecule has 1 aromatic carbocycles. The van der Waals surface area contributed by atoms with E-state index in [9.17, 15) is 39.2 Å². The lowest BCUT2D eigenvalue weighted by atomic mass is 9.85. The van der Waals surface area contributed by atoms with E-state index in [1.807, 2.05) is 0 Å². The molecule has 8 aromatic rings. The quantitative estimate of drug-likeness (QED) is 0.0292. The number of ether oxygens (including phenoxy) is 6. The number of nitrogens with zero attached hydrogens (tertiary/aromatic N) is 8. The Balaban J connectivity index is 1.08. The van der Waals surface area contributed by atoms with E-state index in [0.29, 0.717) is 0 Å². The van der Waals surface area contributed by atoms with E-state index >= 15 is 19.2 Å². The number of primary amides is 1. The van der Waals surface area contributed by atoms with Gasteiger partial charge in [-0.25, -0.2) is 39.5 Å². The molecule has 0 radical (unpaired) electrons. The molecule has 4 aliphatic rings. The number of carbonyl (C=O) groups is 8. The summed E-state index contributed by atoms with van der Waals surface area (Å²) in [6.45, 7) is 7.54. The number of allylic oxidation sites excluding steroid dienone is 1. The van der Waals surface area contributed by atoms with Crippen LogP contribution in [0.5, 0.6) is 5.75 Å². The molecule has 12 rings (SSSR count). The van der Waals surface area contributed by atoms with E-state index in [0.717, 1.165) is 75.6 Å². The fourth-order valence-electron chi connectivity index (χ4n) is 12.1. The molecule has 12 atom stereocenters. The number of aromatic nitrogens is 7. The average molecular weight is 1590 g/mol. The zero-order chi connectivity index (χ0) is 75.9. The number of rotatable bonds is 15. The van der Waals surface area contributed by atoms with E-state index in [2.05, 4.69) is 48.1 Å². The molecule has 43 heteroatoms. The van der Waals surface area contributed by atoms with Crippen LogP contribution in [0.4, 0.5) is 0 Å². The third kappa shape index (κ3) is 15.9. The minimum atomic E-state index is -2.83. The van der Waals surface area contributed by atoms with Gasteiger partial charge in [0.15, 0.2) is 23.8 Å². The van der Waals surface area contributed by atoms with Gasteiger partial charge in [-0.05, 0) is 59.5 Å². The highest BCUT2D eigenvalue weighted by molar-refractivity contribution is 7.41. The smallest absolute Gasteiger partial charge is 0.414 e. The number of thiazole rings is 5. The molecule has 11 heterocycles. The molecule has 12 bridgehead atoms. The summed E-state index contributed by atoms with van der Waals surface area (Å²) in [5.74, 6) is -8.20. The van der Waals surface area contributed by atoms with Crippen LogP contribution in [0.2, 0.25) is 0 Å². The lowest BCUT2D eigenvalue weighted by Gasteiger charge is -2.48. The third-order valence-electron chi connectivity index (χ3n) is 16.9. The molecule has 11 N–H and O–H groups in total. The van der Waals surface area contributed by atoms with Crippen LogP contribution in [0, 0.1) is 0 Å². The number of benzene rings is 1. The highest BCUT2D eigenvalue weighted by atomic mass is 32.1. The summed E-state index contributed by atoms with van der Waals surface area (Å²) in [5, 5.41) is 43.5. The van der Waals surface area contributed by atoms with Gasteiger partial charge in [0.1, 0.15) is 114 Å². The Kier molecular flexibility index (Phi) is 23.1. The van der Waals surface area contributed by atoms with Gasteiger partial charge in [0.2, 0.25) is 5.91 Å². The molecule has 0 aliphatic carbocycles. The standard InChI is InChI=1S/C63H66N14O22P2S5/c1-24(50(64)79)65-51(80)33-21-105-59(70-33)44-38(98-100(88)91-9)14-29-43(72-44)32-19-103-57(67-32)31-18-95-61(85)46-30-17-93-47(48(97-39-15-63(5,87)49(76(6)7)27(4)96-39)62(86)94-16-28-12-11-13-37(40(28)30)77(46)99-101(89)92-10)45(60-71-34(22-106-60)52(81)66-31)75-54(83)36-23-104-58(69-36)42(26(3)90-8)74-55(84)41(25(2)78)73-53(82)35-20-102-56(29)68-35/h11-14,19-23,25,27,31,39,41,45,47-49,78,87-89H,1,15-18H2,2-10H3,(H2,64,79)(H,65,80)(H,66,81)(H,73,82)(H,74,84)(H,75,83)/b42-26+. The monoisotopic (exact) mass is 1590 g/mol. The molecular formula is C63H66N14O22P2S5. The van der Waals surface area contributed by atoms with Gasteiger partial charge in [-0.3, -0.25) is 28.8 Å². The highest BCUT2D eigenvalue weighted by Crippen LogP contribution is 2.47. The van der Waals surface area contributed by atoms with Crippen molar-refractivity contribution in [2.75, 3.05) is 42.0 Å². The van der Waals surface area contributed by atoms with Crippen molar-refractivity contribution in [3.8, 4) is 38.4 Å². The van der Waals surface area contributed by atoms with Gasteiger partial charge in [0, 0.05) is 64.1 Å². The summed E-state index contributed by atoms with van der Waals surface area (Å²) in [5.41, 5.74) is 1.92. The van der Waals surface area contributed by atoms with Crippen LogP contribution in [0.25, 0.3) is 49.3 Å². The van der Waals surface area contributed by atoms with Gasteiger partial charge in [0.25, 0.3) is 29.5 Å². The Bertz CT molecular complexity index is 4820. The van der Waals surface area contributed by atoms with Gasteiger partial charge in [-0.1, -0.05) is 18.7 Å². The van der Waals surface area contributed by atoms with E-state index < -0.39 is 156 Å². The number of nitrogens with one attached hydrogen (secondary N) is 5. The minimum Gasteiger partial charge on any atom is -0.499 e. The van der Waals surface area contributed by atoms with Crippen LogP contribution in [0.1, 0.15) is 125 Å². The third-order valence-corrected chi connectivity index (χ3v) is 22.7. The van der Waals surface area contributed by atoms with Gasteiger partial charge < -0.3 is 104 Å². The summed E-state index contributed by atoms with van der Waals surface area (Å²) in [6, 6.07) is 0.615. The van der Waals surface area contributed by atoms with Crippen molar-refractivity contribution >= 4 is 138 Å². The topological polar surface area (TPSA) is 481 Å². The number of fused-ring (bicyclic) bond motifs is 15. The number of nitrogens with two attached hydrogens (primary N) is 1. The van der Waals surface area contributed by atoms with Crippen molar-refractivity contribution in [1.29, 1.82) is 0 Å². The summed E-state index contributed by atoms with van der Waals surface area (Å²) in [7, 11) is 1.57. The van der Waals surface area contributed by atoms with Crippen molar-refractivity contribution in [3.05, 3.63) is 124 Å². The molecule has 560 valence electrons. The predicted octanol–water partition coefficient (Wildman–Crippen LogP) is 4.49. The van der Waals surface area contributed by atoms with Crippen molar-refractivity contribution in [2.45, 2.75) is 108 Å². The predicted molar refractivity (Wildman–Crippen MR) is 381 cm³/mol. The van der Waals surface area contributed by atoms with Crippen molar-refractivity contribution < 1.29 is 105 Å². The lowest BCUT2D eigenvalue weighted by Crippen LogP contribution is -2.62. The normalized spacial score (nSPS) is 23.7. The fraction of sp³-hybridized carbons (Fsp3) is 0.365. The largest absolute Gasteiger partial charge is 0.499 e. The second kappa shape index (κ2) is 31.9. The molecule has 1 fully saturated rings. The second-order valence-corrected chi connectivity index (χ2v) is 30.7. The molecule has 0 saturated carbocycles. The first kappa shape index (κ1) is 76.8. The minimum absolute atomic E-state index is 0.00115. The number of likely N-dealkylation sites (N-methyl/N-ethyl adjacent to an activating group) is 1. The molecule has 7 aromatic heterocycles. The van der Waals surface area contributed by atoms with Crippen LogP contribution in [0.15, 0.2) is 69.2 Å². The Morgan fingerprint density at radius 3 is 2.19 bits per heavy atom. The number of aliphatic hydroxyl groups is 2. The number of hydrogen-bond donors (Lipinski definition) is 10. The van der Waals surface area contributed by atoms with E-state index in [4.69, 9.17) is 67.3 Å². The average Bonchev–Trinajstić information content (AvgIpc) is 1.56. The number of aliphatic hydroxyl groups excluding tert-OH is 1. The Morgan fingerprint density at radius 2 is 1.49 bits per heavy atom. The Labute approximate surface area is 623 Å². The maximum atomic E-state index is 15.5. The first-order valence-electron chi connectivity index (χ1n) is 31.6. The Morgan fingerprint density at radius 1 is 0.830 bits per heavy atom. The number of cyclic esters (lactones) is 2. The molecule has 1 saturated heterocycles. The van der Waals surface area contributed by atoms with Crippen LogP contribution in [0.3, 0.4) is 0 Å². The first-order chi connectivity index (χ1) is 50.5. The van der Waals surface area contributed by atoms with Crippen LogP contribution in [-0.4, -0.2) is 197 Å². The van der Waals surface area contributed by atoms with Gasteiger partial charge in [-0.15, -0.1) is 56.7 Å². The summed E-state index contributed by atoms with van der Waals surface area (Å²) >= 11 is 4.38. The van der Waals surface area contributed by atoms with Crippen LogP contribution in [-0.2, 0) is 65.1 Å². The zero-order valence-electron chi connectivity index (χ0n) is 57.2. The number of esters is 2. The van der Waals surface area contributed by atoms with Crippen molar-refractivity contribution in [2.24, 2.45) is 5.73 Å². The van der Waals surface area contributed by atoms with E-state index in [1.54, 1.807) is 45.0 Å². The molecule has 6 amide bonds. The summed E-state index contributed by atoms with van der Waals surface area (Å²) < 4.78 is 61.4. The molecule has 12 unspecified atom stereocenters. The fourth-order valence-corrected chi connectivity index (χ4v) is 17.0. The maximum Gasteiger partial charge on any atom is 0.414 e. The maximum absolute atomic E-state index is 15.5. The van der Waals surface area contributed by atoms with Crippen LogP contribution < -0.4 is 41.5 Å². The first-order valence-corrected chi connectivity index (χ1v) is 38.2. The molecule has 4 aliphatic heterocycles. The number of carbonyl (C=O) groups excluding carboxylic acids is 8. The van der Waals surface area contributed by atoms with E-state index in [-0.39, 0.29) is 116 Å². The second-order valence-electron chi connectivity index (χ2n) is 24.3. The van der Waals surface area contributed by atoms with E-state index in [1.165, 1.54) is 60.0 Å². The van der Waals surface area contributed by atoms with Crippen molar-refractivity contribution in [3.63, 3.8) is 0 Å². The Hall–Kier alpha value is -8.84. The summed E-state index contributed by atoms with van der Waals surface area (Å²) in [4.78, 5) is 168. The number of amides is 6. The SMILES string of the molecule is C=C(NC(=O)c1csc(-c2nc3c(cc2OP(O)OC)-c2nc(cs2)C(=O)NC(C(C)O)C(=O)N/C(=C(\C)OC)c2nc(cs2)C(=O)NC2c4nc(cs4)C(=O)NC(COC(=O)c4c5c6c(cccc6n4OP(O)OC)COC(=O)C(OC4CC(C)(O)C(N(C)C)C(C)O4)C2OC5)c2nc-3cs2)n1)C(N)=O. The lowest BCUT2D eigenvalue weighted by molar-refractivity contribution is -0.280. The highest BCUT2D eigenvalue weighted by Gasteiger charge is 2.50. The number of pyridine rings is 1. The molecule has 36 nitrogen and oxygen atoms in total. The number of methoxy groups -OCH3 is 1. The van der Waals surface area contributed by atoms with Crippen molar-refractivity contribution in [1.82, 2.24) is 66.1 Å². The van der Waals surface area contributed by atoms with Gasteiger partial charge >= 0.3 is 29.1 Å². The summed E-state index contributed by atoms with van der Waals surface area (Å²) in [6.07, 6.45) is -7.77. The zero-order valence-corrected chi connectivity index (χ0v) is 63.0.